The molecule has 1 N–H and O–H groups in total. The number of ether oxygens (including phenoxy) is 2. The van der Waals surface area contributed by atoms with Crippen molar-refractivity contribution in [3.8, 4) is 0 Å². The smallest absolute Gasteiger partial charge is 0.347 e. The molecule has 148 valence electrons. The molecule has 0 amide bonds. The second-order valence-electron chi connectivity index (χ2n) is 7.84. The van der Waals surface area contributed by atoms with Crippen LogP contribution >= 0.6 is 0 Å². The van der Waals surface area contributed by atoms with Crippen molar-refractivity contribution in [2.24, 2.45) is 0 Å². The van der Waals surface area contributed by atoms with E-state index in [0.29, 0.717) is 17.2 Å². The first-order chi connectivity index (χ1) is 13.5. The molecule has 2 aliphatic rings. The molecule has 0 radical (unpaired) electrons. The van der Waals surface area contributed by atoms with Crippen LogP contribution in [0.3, 0.4) is 0 Å². The molecule has 2 aromatic carbocycles. The average Bonchev–Trinajstić information content (AvgIpc) is 2.91. The normalized spacial score (nSPS) is 27.5. The predicted molar refractivity (Wildman–Crippen MR) is 106 cm³/mol. The van der Waals surface area contributed by atoms with Gasteiger partial charge in [-0.3, -0.25) is 4.90 Å². The lowest BCUT2D eigenvalue weighted by atomic mass is 9.86. The second-order valence-corrected chi connectivity index (χ2v) is 7.84. The van der Waals surface area contributed by atoms with Crippen molar-refractivity contribution in [1.82, 2.24) is 4.90 Å². The Hall–Kier alpha value is -2.21. The molecule has 4 rings (SSSR count). The third-order valence-electron chi connectivity index (χ3n) is 6.33. The summed E-state index contributed by atoms with van der Waals surface area (Å²) < 4.78 is 11.5. The molecule has 5 heteroatoms. The van der Waals surface area contributed by atoms with Gasteiger partial charge < -0.3 is 14.6 Å². The van der Waals surface area contributed by atoms with Gasteiger partial charge in [0.15, 0.2) is 0 Å². The van der Waals surface area contributed by atoms with Crippen molar-refractivity contribution < 1.29 is 19.4 Å². The highest BCUT2D eigenvalue weighted by Crippen LogP contribution is 2.39. The molecule has 0 spiro atoms. The fourth-order valence-electron chi connectivity index (χ4n) is 4.72. The van der Waals surface area contributed by atoms with Crippen LogP contribution in [0, 0.1) is 0 Å². The zero-order chi connectivity index (χ0) is 19.7. The summed E-state index contributed by atoms with van der Waals surface area (Å²) in [6.45, 7) is 0. The van der Waals surface area contributed by atoms with Gasteiger partial charge in [0.05, 0.1) is 6.10 Å². The molecule has 0 saturated carbocycles. The number of esters is 1. The number of piperidine rings is 1. The molecule has 2 heterocycles. The third-order valence-corrected chi connectivity index (χ3v) is 6.33. The summed E-state index contributed by atoms with van der Waals surface area (Å²) in [4.78, 5) is 15.6. The van der Waals surface area contributed by atoms with Crippen molar-refractivity contribution in [1.29, 1.82) is 0 Å². The number of fused-ring (bicyclic) bond motifs is 2. The molecule has 28 heavy (non-hydrogen) atoms. The number of benzene rings is 2. The first-order valence-electron chi connectivity index (χ1n) is 9.83. The van der Waals surface area contributed by atoms with Gasteiger partial charge in [-0.05, 0) is 24.6 Å². The third kappa shape index (κ3) is 3.24. The summed E-state index contributed by atoms with van der Waals surface area (Å²) in [6.07, 6.45) is 2.38. The SMILES string of the molecule is COC1CC2C[C@H](OC(=O)C(O)(c3ccccc3)c3ccccc3)CC1N2C. The predicted octanol–water partition coefficient (Wildman–Crippen LogP) is 2.72. The number of rotatable bonds is 5. The molecule has 4 atom stereocenters. The summed E-state index contributed by atoms with van der Waals surface area (Å²) in [5.41, 5.74) is -0.806. The van der Waals surface area contributed by atoms with Gasteiger partial charge in [0.2, 0.25) is 5.60 Å². The molecule has 0 aromatic heterocycles. The van der Waals surface area contributed by atoms with Gasteiger partial charge in [-0.1, -0.05) is 60.7 Å². The zero-order valence-electron chi connectivity index (χ0n) is 16.3. The Morgan fingerprint density at radius 3 is 2.11 bits per heavy atom. The highest BCUT2D eigenvalue weighted by Gasteiger charge is 2.48. The molecule has 0 aliphatic carbocycles. The summed E-state index contributed by atoms with van der Waals surface area (Å²) in [7, 11) is 3.85. The van der Waals surface area contributed by atoms with Crippen LogP contribution in [0.5, 0.6) is 0 Å². The van der Waals surface area contributed by atoms with Gasteiger partial charge in [0, 0.05) is 32.0 Å². The zero-order valence-corrected chi connectivity index (χ0v) is 16.3. The highest BCUT2D eigenvalue weighted by atomic mass is 16.6. The van der Waals surface area contributed by atoms with E-state index in [4.69, 9.17) is 9.47 Å². The van der Waals surface area contributed by atoms with E-state index in [-0.39, 0.29) is 18.2 Å². The van der Waals surface area contributed by atoms with Gasteiger partial charge in [0.1, 0.15) is 6.10 Å². The van der Waals surface area contributed by atoms with Crippen LogP contribution in [-0.2, 0) is 19.9 Å². The number of aliphatic hydroxyl groups is 1. The van der Waals surface area contributed by atoms with E-state index in [1.54, 1.807) is 31.4 Å². The van der Waals surface area contributed by atoms with E-state index in [1.165, 1.54) is 0 Å². The summed E-state index contributed by atoms with van der Waals surface area (Å²) in [5.74, 6) is -0.618. The number of carbonyl (C=O) groups is 1. The molecular formula is C23H27NO4. The van der Waals surface area contributed by atoms with Crippen LogP contribution in [0.2, 0.25) is 0 Å². The van der Waals surface area contributed by atoms with Crippen LogP contribution in [0.15, 0.2) is 60.7 Å². The molecular weight excluding hydrogens is 354 g/mol. The topological polar surface area (TPSA) is 59.0 Å². The Morgan fingerprint density at radius 1 is 1.00 bits per heavy atom. The second kappa shape index (κ2) is 7.66. The first kappa shape index (κ1) is 19.1. The van der Waals surface area contributed by atoms with Crippen molar-refractivity contribution in [3.05, 3.63) is 71.8 Å². The Bertz CT molecular complexity index is 770. The number of carbonyl (C=O) groups excluding carboxylic acids is 1. The number of nitrogens with zero attached hydrogens (tertiary/aromatic N) is 1. The van der Waals surface area contributed by atoms with Crippen LogP contribution in [-0.4, -0.2) is 54.4 Å². The highest BCUT2D eigenvalue weighted by molar-refractivity contribution is 5.85. The van der Waals surface area contributed by atoms with E-state index in [9.17, 15) is 9.90 Å². The maximum atomic E-state index is 13.3. The van der Waals surface area contributed by atoms with Crippen LogP contribution < -0.4 is 0 Å². The summed E-state index contributed by atoms with van der Waals surface area (Å²) in [5, 5.41) is 11.5. The minimum atomic E-state index is -1.83. The van der Waals surface area contributed by atoms with Gasteiger partial charge in [-0.25, -0.2) is 4.79 Å². The quantitative estimate of drug-likeness (QED) is 0.807. The molecule has 2 saturated heterocycles. The number of likely N-dealkylation sites (N-methyl/N-ethyl adjacent to an activating group) is 1. The Kier molecular flexibility index (Phi) is 5.23. The molecule has 3 unspecified atom stereocenters. The van der Waals surface area contributed by atoms with Gasteiger partial charge >= 0.3 is 5.97 Å². The number of hydrogen-bond acceptors (Lipinski definition) is 5. The van der Waals surface area contributed by atoms with Crippen LogP contribution in [0.25, 0.3) is 0 Å². The van der Waals surface area contributed by atoms with Crippen LogP contribution in [0.1, 0.15) is 30.4 Å². The lowest BCUT2D eigenvalue weighted by molar-refractivity contribution is -0.171. The van der Waals surface area contributed by atoms with Crippen molar-refractivity contribution in [3.63, 3.8) is 0 Å². The maximum absolute atomic E-state index is 13.3. The van der Waals surface area contributed by atoms with E-state index in [2.05, 4.69) is 11.9 Å². The fraction of sp³-hybridized carbons (Fsp3) is 0.435. The molecule has 2 bridgehead atoms. The fourth-order valence-corrected chi connectivity index (χ4v) is 4.72. The Balaban J connectivity index is 1.59. The van der Waals surface area contributed by atoms with E-state index < -0.39 is 11.6 Å². The molecule has 2 aliphatic heterocycles. The Morgan fingerprint density at radius 2 is 1.57 bits per heavy atom. The first-order valence-corrected chi connectivity index (χ1v) is 9.83. The lowest BCUT2D eigenvalue weighted by Crippen LogP contribution is -2.48. The minimum absolute atomic E-state index is 0.167. The van der Waals surface area contributed by atoms with Crippen molar-refractivity contribution in [2.75, 3.05) is 14.2 Å². The number of hydrogen-bond donors (Lipinski definition) is 1. The average molecular weight is 381 g/mol. The minimum Gasteiger partial charge on any atom is -0.460 e. The van der Waals surface area contributed by atoms with E-state index in [1.807, 2.05) is 36.4 Å². The standard InChI is InChI=1S/C23H27NO4/c1-24-18-13-19(15-20(24)21(14-18)27-2)28-22(25)23(26,16-9-5-3-6-10-16)17-11-7-4-8-12-17/h3-12,18-21,26H,13-15H2,1-2H3/t18?,19-,20?,21?/m0/s1. The van der Waals surface area contributed by atoms with Gasteiger partial charge in [-0.15, -0.1) is 0 Å². The van der Waals surface area contributed by atoms with Crippen LogP contribution in [0.4, 0.5) is 0 Å². The lowest BCUT2D eigenvalue weighted by Gasteiger charge is -2.38. The molecule has 5 nitrogen and oxygen atoms in total. The maximum Gasteiger partial charge on any atom is 0.347 e. The molecule has 2 aromatic rings. The van der Waals surface area contributed by atoms with E-state index >= 15 is 0 Å². The summed E-state index contributed by atoms with van der Waals surface area (Å²) >= 11 is 0. The molecule has 2 fully saturated rings. The van der Waals surface area contributed by atoms with E-state index in [0.717, 1.165) is 19.3 Å². The largest absolute Gasteiger partial charge is 0.460 e. The van der Waals surface area contributed by atoms with Crippen molar-refractivity contribution >= 4 is 5.97 Å². The Labute approximate surface area is 165 Å². The summed E-state index contributed by atoms with van der Waals surface area (Å²) in [6, 6.07) is 18.6. The number of methoxy groups -OCH3 is 1. The monoisotopic (exact) mass is 381 g/mol. The van der Waals surface area contributed by atoms with Gasteiger partial charge in [-0.2, -0.15) is 0 Å². The van der Waals surface area contributed by atoms with Crippen molar-refractivity contribution in [2.45, 2.75) is 49.2 Å². The van der Waals surface area contributed by atoms with Gasteiger partial charge in [0.25, 0.3) is 0 Å².